The molecule has 0 saturated carbocycles. The number of hydrogen-bond acceptors (Lipinski definition) is 2. The van der Waals surface area contributed by atoms with Crippen molar-refractivity contribution in [1.82, 2.24) is 5.32 Å². The lowest BCUT2D eigenvalue weighted by molar-refractivity contribution is 0.415. The van der Waals surface area contributed by atoms with Crippen molar-refractivity contribution in [2.75, 3.05) is 14.2 Å². The van der Waals surface area contributed by atoms with E-state index in [1.807, 2.05) is 19.2 Å². The first-order chi connectivity index (χ1) is 9.83. The number of nitrogens with one attached hydrogen (secondary N) is 1. The zero-order valence-corrected chi connectivity index (χ0v) is 11.9. The Morgan fingerprint density at radius 3 is 2.50 bits per heavy atom. The molecular formula is C18H19NO. The first-order valence-electron chi connectivity index (χ1n) is 6.94. The minimum atomic E-state index is 0.410. The summed E-state index contributed by atoms with van der Waals surface area (Å²) in [7, 11) is 3.72. The van der Waals surface area contributed by atoms with Crippen LogP contribution in [0.1, 0.15) is 29.2 Å². The average molecular weight is 265 g/mol. The van der Waals surface area contributed by atoms with E-state index in [1.54, 1.807) is 7.11 Å². The van der Waals surface area contributed by atoms with E-state index in [9.17, 15) is 0 Å². The van der Waals surface area contributed by atoms with Gasteiger partial charge in [-0.25, -0.2) is 0 Å². The molecule has 0 fully saturated rings. The van der Waals surface area contributed by atoms with Gasteiger partial charge < -0.3 is 10.1 Å². The zero-order valence-electron chi connectivity index (χ0n) is 11.9. The summed E-state index contributed by atoms with van der Waals surface area (Å²) in [6, 6.07) is 17.3. The minimum Gasteiger partial charge on any atom is -0.497 e. The molecule has 20 heavy (non-hydrogen) atoms. The Kier molecular flexibility index (Phi) is 3.57. The summed E-state index contributed by atoms with van der Waals surface area (Å²) in [6.07, 6.45) is 3.35. The summed E-state index contributed by atoms with van der Waals surface area (Å²) in [6.45, 7) is 0. The molecule has 1 aliphatic carbocycles. The van der Waals surface area contributed by atoms with Gasteiger partial charge in [0.25, 0.3) is 0 Å². The Balaban J connectivity index is 2.04. The van der Waals surface area contributed by atoms with Crippen molar-refractivity contribution >= 4 is 5.57 Å². The summed E-state index contributed by atoms with van der Waals surface area (Å²) in [5.74, 6) is 0.895. The number of fused-ring (bicyclic) bond motifs is 1. The molecule has 0 amide bonds. The molecule has 0 bridgehead atoms. The Bertz CT molecular complexity index is 628. The van der Waals surface area contributed by atoms with Crippen molar-refractivity contribution in [3.8, 4) is 5.75 Å². The molecule has 102 valence electrons. The number of methoxy groups -OCH3 is 1. The van der Waals surface area contributed by atoms with Gasteiger partial charge in [0, 0.05) is 6.04 Å². The van der Waals surface area contributed by atoms with Gasteiger partial charge in [-0.05, 0) is 47.9 Å². The SMILES string of the molecule is CNC1CC=C(c2ccc(OC)cc2)c2ccccc21. The van der Waals surface area contributed by atoms with E-state index >= 15 is 0 Å². The van der Waals surface area contributed by atoms with Crippen LogP contribution < -0.4 is 10.1 Å². The maximum atomic E-state index is 5.23. The van der Waals surface area contributed by atoms with Crippen LogP contribution in [0.4, 0.5) is 0 Å². The number of ether oxygens (including phenoxy) is 1. The predicted molar refractivity (Wildman–Crippen MR) is 82.9 cm³/mol. The second-order valence-electron chi connectivity index (χ2n) is 5.01. The van der Waals surface area contributed by atoms with Gasteiger partial charge in [-0.3, -0.25) is 0 Å². The van der Waals surface area contributed by atoms with Gasteiger partial charge in [0.05, 0.1) is 7.11 Å². The van der Waals surface area contributed by atoms with E-state index in [2.05, 4.69) is 47.8 Å². The smallest absolute Gasteiger partial charge is 0.118 e. The zero-order chi connectivity index (χ0) is 13.9. The standard InChI is InChI=1S/C18H19NO/c1-19-18-12-11-15(16-5-3-4-6-17(16)18)13-7-9-14(20-2)10-8-13/h3-11,18-19H,12H2,1-2H3. The van der Waals surface area contributed by atoms with Crippen LogP contribution in [0.2, 0.25) is 0 Å². The topological polar surface area (TPSA) is 21.3 Å². The molecule has 1 unspecified atom stereocenters. The average Bonchev–Trinajstić information content (AvgIpc) is 2.54. The maximum absolute atomic E-state index is 5.23. The fourth-order valence-electron chi connectivity index (χ4n) is 2.84. The summed E-state index contributed by atoms with van der Waals surface area (Å²) in [5, 5.41) is 3.39. The summed E-state index contributed by atoms with van der Waals surface area (Å²) in [5.41, 5.74) is 5.26. The third kappa shape index (κ3) is 2.23. The second-order valence-corrected chi connectivity index (χ2v) is 5.01. The fourth-order valence-corrected chi connectivity index (χ4v) is 2.84. The Morgan fingerprint density at radius 2 is 1.80 bits per heavy atom. The monoisotopic (exact) mass is 265 g/mol. The normalized spacial score (nSPS) is 17.3. The van der Waals surface area contributed by atoms with E-state index in [0.717, 1.165) is 12.2 Å². The van der Waals surface area contributed by atoms with Crippen LogP contribution in [0.5, 0.6) is 5.75 Å². The fraction of sp³-hybridized carbons (Fsp3) is 0.222. The van der Waals surface area contributed by atoms with Gasteiger partial charge in [-0.15, -0.1) is 0 Å². The minimum absolute atomic E-state index is 0.410. The van der Waals surface area contributed by atoms with Crippen LogP contribution in [0, 0.1) is 0 Å². The third-order valence-corrected chi connectivity index (χ3v) is 3.93. The van der Waals surface area contributed by atoms with Gasteiger partial charge in [0.15, 0.2) is 0 Å². The summed E-state index contributed by atoms with van der Waals surface area (Å²) < 4.78 is 5.23. The largest absolute Gasteiger partial charge is 0.497 e. The molecule has 1 atom stereocenters. The highest BCUT2D eigenvalue weighted by Crippen LogP contribution is 2.36. The summed E-state index contributed by atoms with van der Waals surface area (Å²) in [4.78, 5) is 0. The van der Waals surface area contributed by atoms with Gasteiger partial charge in [-0.2, -0.15) is 0 Å². The van der Waals surface area contributed by atoms with E-state index in [4.69, 9.17) is 4.74 Å². The van der Waals surface area contributed by atoms with Gasteiger partial charge in [0.1, 0.15) is 5.75 Å². The predicted octanol–water partition coefficient (Wildman–Crippen LogP) is 3.79. The van der Waals surface area contributed by atoms with E-state index in [-0.39, 0.29) is 0 Å². The van der Waals surface area contributed by atoms with Gasteiger partial charge in [-0.1, -0.05) is 42.5 Å². The van der Waals surface area contributed by atoms with Crippen LogP contribution in [0.25, 0.3) is 5.57 Å². The van der Waals surface area contributed by atoms with Crippen LogP contribution in [0.15, 0.2) is 54.6 Å². The molecule has 1 aliphatic rings. The first-order valence-corrected chi connectivity index (χ1v) is 6.94. The van der Waals surface area contributed by atoms with Gasteiger partial charge in [0.2, 0.25) is 0 Å². The van der Waals surface area contributed by atoms with Crippen molar-refractivity contribution < 1.29 is 4.74 Å². The Labute approximate surface area is 120 Å². The van der Waals surface area contributed by atoms with Crippen LogP contribution in [-0.4, -0.2) is 14.2 Å². The quantitative estimate of drug-likeness (QED) is 0.911. The lowest BCUT2D eigenvalue weighted by atomic mass is 9.84. The molecule has 2 aromatic rings. The summed E-state index contributed by atoms with van der Waals surface area (Å²) >= 11 is 0. The molecule has 3 rings (SSSR count). The molecule has 2 aromatic carbocycles. The lowest BCUT2D eigenvalue weighted by Crippen LogP contribution is -2.19. The highest BCUT2D eigenvalue weighted by Gasteiger charge is 2.20. The van der Waals surface area contributed by atoms with Crippen LogP contribution >= 0.6 is 0 Å². The molecule has 0 radical (unpaired) electrons. The van der Waals surface area contributed by atoms with Crippen LogP contribution in [-0.2, 0) is 0 Å². The van der Waals surface area contributed by atoms with Crippen molar-refractivity contribution in [2.45, 2.75) is 12.5 Å². The van der Waals surface area contributed by atoms with Crippen LogP contribution in [0.3, 0.4) is 0 Å². The first kappa shape index (κ1) is 12.9. The molecule has 0 aliphatic heterocycles. The van der Waals surface area contributed by atoms with Crippen molar-refractivity contribution in [1.29, 1.82) is 0 Å². The number of benzene rings is 2. The molecular weight excluding hydrogens is 246 g/mol. The van der Waals surface area contributed by atoms with Crippen molar-refractivity contribution in [3.63, 3.8) is 0 Å². The third-order valence-electron chi connectivity index (χ3n) is 3.93. The van der Waals surface area contributed by atoms with Gasteiger partial charge >= 0.3 is 0 Å². The number of rotatable bonds is 3. The second kappa shape index (κ2) is 5.51. The maximum Gasteiger partial charge on any atom is 0.118 e. The molecule has 0 saturated heterocycles. The molecule has 1 N–H and O–H groups in total. The lowest BCUT2D eigenvalue weighted by Gasteiger charge is -2.25. The molecule has 0 heterocycles. The van der Waals surface area contributed by atoms with Crippen molar-refractivity contribution in [2.24, 2.45) is 0 Å². The van der Waals surface area contributed by atoms with E-state index in [0.29, 0.717) is 6.04 Å². The highest BCUT2D eigenvalue weighted by atomic mass is 16.5. The van der Waals surface area contributed by atoms with E-state index < -0.39 is 0 Å². The Morgan fingerprint density at radius 1 is 1.05 bits per heavy atom. The highest BCUT2D eigenvalue weighted by molar-refractivity contribution is 5.83. The Hall–Kier alpha value is -2.06. The van der Waals surface area contributed by atoms with Crippen molar-refractivity contribution in [3.05, 3.63) is 71.3 Å². The molecule has 2 heteroatoms. The van der Waals surface area contributed by atoms with E-state index in [1.165, 1.54) is 22.3 Å². The number of hydrogen-bond donors (Lipinski definition) is 1. The molecule has 0 aromatic heterocycles. The molecule has 2 nitrogen and oxygen atoms in total. The molecule has 0 spiro atoms.